The fourth-order valence-electron chi connectivity index (χ4n) is 3.08. The van der Waals surface area contributed by atoms with Crippen molar-refractivity contribution in [2.45, 2.75) is 25.2 Å². The first-order chi connectivity index (χ1) is 11.8. The van der Waals surface area contributed by atoms with E-state index in [-0.39, 0.29) is 0 Å². The zero-order valence-electron chi connectivity index (χ0n) is 13.1. The normalized spacial score (nSPS) is 16.5. The summed E-state index contributed by atoms with van der Waals surface area (Å²) in [6, 6.07) is 15.4. The van der Waals surface area contributed by atoms with Crippen LogP contribution in [0.1, 0.15) is 36.3 Å². The Morgan fingerprint density at radius 3 is 1.92 bits per heavy atom. The molecule has 0 spiro atoms. The average Bonchev–Trinajstić information content (AvgIpc) is 2.64. The van der Waals surface area contributed by atoms with Crippen molar-refractivity contribution in [2.24, 2.45) is 9.98 Å². The Hall–Kier alpha value is -3.06. The zero-order valence-corrected chi connectivity index (χ0v) is 13.1. The Morgan fingerprint density at radius 2 is 1.42 bits per heavy atom. The zero-order chi connectivity index (χ0) is 16.8. The molecule has 1 unspecified atom stereocenters. The van der Waals surface area contributed by atoms with Crippen molar-refractivity contribution < 1.29 is 9.59 Å². The number of hydrogen-bond acceptors (Lipinski definition) is 4. The van der Waals surface area contributed by atoms with E-state index in [9.17, 15) is 9.59 Å². The molecule has 3 rings (SSSR count). The van der Waals surface area contributed by atoms with Gasteiger partial charge in [0.15, 0.2) is 0 Å². The summed E-state index contributed by atoms with van der Waals surface area (Å²) < 4.78 is 0. The molecule has 0 bridgehead atoms. The minimum Gasteiger partial charge on any atom is -0.211 e. The van der Waals surface area contributed by atoms with E-state index in [4.69, 9.17) is 0 Å². The van der Waals surface area contributed by atoms with Crippen LogP contribution in [0, 0.1) is 0 Å². The van der Waals surface area contributed by atoms with Crippen molar-refractivity contribution in [1.29, 1.82) is 0 Å². The fraction of sp³-hybridized carbons (Fsp3) is 0.200. The van der Waals surface area contributed by atoms with Crippen molar-refractivity contribution in [1.82, 2.24) is 0 Å². The van der Waals surface area contributed by atoms with Crippen LogP contribution in [0.5, 0.6) is 0 Å². The highest BCUT2D eigenvalue weighted by Gasteiger charge is 2.17. The number of rotatable bonds is 4. The van der Waals surface area contributed by atoms with Crippen LogP contribution in [-0.2, 0) is 9.59 Å². The van der Waals surface area contributed by atoms with Crippen molar-refractivity contribution >= 4 is 29.1 Å². The summed E-state index contributed by atoms with van der Waals surface area (Å²) in [4.78, 5) is 27.8. The molecule has 0 heterocycles. The Balaban J connectivity index is 1.71. The first-order valence-electron chi connectivity index (χ1n) is 7.85. The molecule has 2 aromatic carbocycles. The van der Waals surface area contributed by atoms with E-state index < -0.39 is 0 Å². The molecule has 0 radical (unpaired) electrons. The van der Waals surface area contributed by atoms with Crippen LogP contribution >= 0.6 is 0 Å². The van der Waals surface area contributed by atoms with E-state index in [1.165, 1.54) is 16.7 Å². The molecule has 1 aliphatic carbocycles. The molecule has 4 nitrogen and oxygen atoms in total. The van der Waals surface area contributed by atoms with Crippen LogP contribution in [0.3, 0.4) is 0 Å². The van der Waals surface area contributed by atoms with Gasteiger partial charge in [0.1, 0.15) is 0 Å². The van der Waals surface area contributed by atoms with Gasteiger partial charge in [-0.25, -0.2) is 9.59 Å². The van der Waals surface area contributed by atoms with E-state index in [0.29, 0.717) is 17.3 Å². The van der Waals surface area contributed by atoms with Crippen LogP contribution in [0.25, 0.3) is 5.57 Å². The predicted octanol–water partition coefficient (Wildman–Crippen LogP) is 4.97. The number of hydrogen-bond donors (Lipinski definition) is 0. The van der Waals surface area contributed by atoms with Crippen LogP contribution in [0.15, 0.2) is 64.6 Å². The van der Waals surface area contributed by atoms with Gasteiger partial charge < -0.3 is 0 Å². The third kappa shape index (κ3) is 3.64. The lowest BCUT2D eigenvalue weighted by atomic mass is 9.82. The molecule has 0 amide bonds. The third-order valence-corrected chi connectivity index (χ3v) is 4.36. The van der Waals surface area contributed by atoms with Gasteiger partial charge in [-0.3, -0.25) is 0 Å². The van der Waals surface area contributed by atoms with Gasteiger partial charge in [-0.05, 0) is 66.1 Å². The molecule has 0 saturated carbocycles. The maximum Gasteiger partial charge on any atom is 0.240 e. The van der Waals surface area contributed by atoms with E-state index in [1.807, 2.05) is 48.5 Å². The maximum absolute atomic E-state index is 10.3. The summed E-state index contributed by atoms with van der Waals surface area (Å²) in [5.41, 5.74) is 5.04. The first kappa shape index (κ1) is 15.8. The summed E-state index contributed by atoms with van der Waals surface area (Å²) in [6.07, 6.45) is 8.46. The fourth-order valence-corrected chi connectivity index (χ4v) is 3.08. The molecular formula is C20H16N2O2. The van der Waals surface area contributed by atoms with Gasteiger partial charge in [0.2, 0.25) is 12.2 Å². The lowest BCUT2D eigenvalue weighted by Crippen LogP contribution is -2.03. The van der Waals surface area contributed by atoms with Gasteiger partial charge in [0.25, 0.3) is 0 Å². The largest absolute Gasteiger partial charge is 0.240 e. The minimum atomic E-state index is 0.488. The minimum absolute atomic E-state index is 0.488. The highest BCUT2D eigenvalue weighted by Crippen LogP contribution is 2.36. The highest BCUT2D eigenvalue weighted by molar-refractivity contribution is 5.68. The molecule has 0 saturated heterocycles. The van der Waals surface area contributed by atoms with Crippen molar-refractivity contribution in [2.75, 3.05) is 0 Å². The number of aliphatic imine (C=N–C) groups is 2. The molecule has 0 aromatic heterocycles. The smallest absolute Gasteiger partial charge is 0.211 e. The summed E-state index contributed by atoms with van der Waals surface area (Å²) in [7, 11) is 0. The predicted molar refractivity (Wildman–Crippen MR) is 93.0 cm³/mol. The van der Waals surface area contributed by atoms with E-state index in [0.717, 1.165) is 19.3 Å². The molecule has 0 aliphatic heterocycles. The number of carbonyl (C=O) groups excluding carboxylic acids is 2. The molecule has 1 aliphatic rings. The lowest BCUT2D eigenvalue weighted by molar-refractivity contribution is 0.564. The summed E-state index contributed by atoms with van der Waals surface area (Å²) in [5.74, 6) is 0.488. The van der Waals surface area contributed by atoms with E-state index in [2.05, 4.69) is 16.1 Å². The van der Waals surface area contributed by atoms with Crippen LogP contribution < -0.4 is 0 Å². The average molecular weight is 316 g/mol. The van der Waals surface area contributed by atoms with Gasteiger partial charge in [-0.15, -0.1) is 0 Å². The van der Waals surface area contributed by atoms with Crippen LogP contribution in [0.4, 0.5) is 11.4 Å². The molecule has 2 aromatic rings. The maximum atomic E-state index is 10.3. The topological polar surface area (TPSA) is 58.9 Å². The standard InChI is InChI=1S/C20H16N2O2/c23-13-21-19-9-5-17(6-10-19)15-1-2-16(4-3-15)18-7-11-20(12-8-18)22-14-24/h1,5-12,16H,2-4H2. The number of allylic oxidation sites excluding steroid dienone is 2. The molecular weight excluding hydrogens is 300 g/mol. The molecule has 4 heteroatoms. The molecule has 0 fully saturated rings. The molecule has 24 heavy (non-hydrogen) atoms. The second kappa shape index (κ2) is 7.47. The number of nitrogens with zero attached hydrogens (tertiary/aromatic N) is 2. The third-order valence-electron chi connectivity index (χ3n) is 4.36. The van der Waals surface area contributed by atoms with Crippen molar-refractivity contribution in [3.05, 3.63) is 65.7 Å². The van der Waals surface area contributed by atoms with Crippen molar-refractivity contribution in [3.8, 4) is 0 Å². The van der Waals surface area contributed by atoms with Gasteiger partial charge in [0.05, 0.1) is 11.4 Å². The second-order valence-corrected chi connectivity index (χ2v) is 5.75. The molecule has 118 valence electrons. The Bertz CT molecular complexity index is 838. The summed E-state index contributed by atoms with van der Waals surface area (Å²) in [6.45, 7) is 0. The SMILES string of the molecule is O=C=Nc1ccc(C2=CCC(c3ccc(N=C=O)cc3)CC2)cc1. The Morgan fingerprint density at radius 1 is 0.833 bits per heavy atom. The number of benzene rings is 2. The summed E-state index contributed by atoms with van der Waals surface area (Å²) >= 11 is 0. The highest BCUT2D eigenvalue weighted by atomic mass is 16.1. The van der Waals surface area contributed by atoms with E-state index >= 15 is 0 Å². The number of isocyanates is 2. The lowest BCUT2D eigenvalue weighted by Gasteiger charge is -2.22. The van der Waals surface area contributed by atoms with E-state index in [1.54, 1.807) is 12.2 Å². The molecule has 0 N–H and O–H groups in total. The van der Waals surface area contributed by atoms with Gasteiger partial charge >= 0.3 is 0 Å². The first-order valence-corrected chi connectivity index (χ1v) is 7.85. The Kier molecular flexibility index (Phi) is 4.93. The van der Waals surface area contributed by atoms with Crippen LogP contribution in [0.2, 0.25) is 0 Å². The summed E-state index contributed by atoms with van der Waals surface area (Å²) in [5, 5.41) is 0. The van der Waals surface area contributed by atoms with Gasteiger partial charge in [-0.1, -0.05) is 30.3 Å². The Labute approximate surface area is 140 Å². The van der Waals surface area contributed by atoms with Crippen LogP contribution in [-0.4, -0.2) is 12.2 Å². The second-order valence-electron chi connectivity index (χ2n) is 5.75. The molecule has 1 atom stereocenters. The van der Waals surface area contributed by atoms with Crippen molar-refractivity contribution in [3.63, 3.8) is 0 Å². The van der Waals surface area contributed by atoms with Gasteiger partial charge in [-0.2, -0.15) is 9.98 Å². The quantitative estimate of drug-likeness (QED) is 0.590. The van der Waals surface area contributed by atoms with Gasteiger partial charge in [0, 0.05) is 0 Å². The monoisotopic (exact) mass is 316 g/mol.